The first-order valence-electron chi connectivity index (χ1n) is 5.34. The molecular formula is C11H9ClF3N3S. The van der Waals surface area contributed by atoms with Crippen LogP contribution in [0.15, 0.2) is 24.3 Å². The molecule has 3 nitrogen and oxygen atoms in total. The zero-order valence-electron chi connectivity index (χ0n) is 9.54. The fourth-order valence-electron chi connectivity index (χ4n) is 1.38. The van der Waals surface area contributed by atoms with Gasteiger partial charge in [0.15, 0.2) is 5.69 Å². The third-order valence-corrected chi connectivity index (χ3v) is 3.55. The Bertz CT molecular complexity index is 539. The van der Waals surface area contributed by atoms with Crippen LogP contribution in [0.1, 0.15) is 10.6 Å². The Morgan fingerprint density at radius 2 is 1.95 bits per heavy atom. The molecule has 102 valence electrons. The summed E-state index contributed by atoms with van der Waals surface area (Å²) in [5.41, 5.74) is -0.997. The van der Waals surface area contributed by atoms with Gasteiger partial charge in [-0.1, -0.05) is 11.6 Å². The quantitative estimate of drug-likeness (QED) is 0.932. The van der Waals surface area contributed by atoms with E-state index in [0.29, 0.717) is 16.7 Å². The van der Waals surface area contributed by atoms with Crippen molar-refractivity contribution >= 4 is 28.8 Å². The van der Waals surface area contributed by atoms with Crippen molar-refractivity contribution in [2.45, 2.75) is 12.6 Å². The molecule has 8 heteroatoms. The second-order valence-electron chi connectivity index (χ2n) is 3.68. The van der Waals surface area contributed by atoms with Crippen LogP contribution >= 0.6 is 22.9 Å². The smallest absolute Gasteiger partial charge is 0.368 e. The van der Waals surface area contributed by atoms with Crippen LogP contribution in [0.2, 0.25) is 4.34 Å². The molecule has 2 aromatic heterocycles. The lowest BCUT2D eigenvalue weighted by atomic mass is 10.3. The van der Waals surface area contributed by atoms with Crippen molar-refractivity contribution in [3.63, 3.8) is 0 Å². The van der Waals surface area contributed by atoms with Crippen molar-refractivity contribution < 1.29 is 13.2 Å². The van der Waals surface area contributed by atoms with Crippen LogP contribution in [-0.2, 0) is 12.6 Å². The van der Waals surface area contributed by atoms with Gasteiger partial charge in [0.1, 0.15) is 5.82 Å². The highest BCUT2D eigenvalue weighted by molar-refractivity contribution is 7.16. The minimum absolute atomic E-state index is 0.315. The molecule has 0 aliphatic carbocycles. The summed E-state index contributed by atoms with van der Waals surface area (Å²) in [4.78, 5) is 1.09. The molecule has 0 amide bonds. The summed E-state index contributed by atoms with van der Waals surface area (Å²) in [6.07, 6.45) is -3.74. The maximum absolute atomic E-state index is 12.3. The lowest BCUT2D eigenvalue weighted by molar-refractivity contribution is -0.141. The minimum atomic E-state index is -4.46. The average Bonchev–Trinajstić information content (AvgIpc) is 2.75. The van der Waals surface area contributed by atoms with Gasteiger partial charge in [-0.2, -0.15) is 13.2 Å². The molecule has 2 heterocycles. The summed E-state index contributed by atoms with van der Waals surface area (Å²) in [5, 5.41) is 9.51. The Kier molecular flexibility index (Phi) is 4.26. The van der Waals surface area contributed by atoms with Crippen LogP contribution in [0.4, 0.5) is 19.0 Å². The first-order chi connectivity index (χ1) is 8.95. The number of thiophene rings is 1. The van der Waals surface area contributed by atoms with E-state index in [1.54, 1.807) is 6.07 Å². The maximum atomic E-state index is 12.3. The summed E-state index contributed by atoms with van der Waals surface area (Å²) in [7, 11) is 0. The monoisotopic (exact) mass is 307 g/mol. The van der Waals surface area contributed by atoms with Gasteiger partial charge in [0.25, 0.3) is 0 Å². The highest BCUT2D eigenvalue weighted by Gasteiger charge is 2.32. The third-order valence-electron chi connectivity index (χ3n) is 2.26. The van der Waals surface area contributed by atoms with Gasteiger partial charge in [-0.15, -0.1) is 21.5 Å². The molecule has 0 radical (unpaired) electrons. The molecular weight excluding hydrogens is 299 g/mol. The van der Waals surface area contributed by atoms with Crippen molar-refractivity contribution in [3.8, 4) is 0 Å². The number of hydrogen-bond acceptors (Lipinski definition) is 4. The highest BCUT2D eigenvalue weighted by atomic mass is 35.5. The van der Waals surface area contributed by atoms with Crippen LogP contribution < -0.4 is 5.32 Å². The van der Waals surface area contributed by atoms with Gasteiger partial charge < -0.3 is 5.32 Å². The largest absolute Gasteiger partial charge is 0.435 e. The SMILES string of the molecule is FC(F)(F)c1ccc(NCCc2ccc(Cl)s2)nn1. The van der Waals surface area contributed by atoms with E-state index in [-0.39, 0.29) is 0 Å². The predicted octanol–water partition coefficient (Wildman–Crippen LogP) is 3.86. The predicted molar refractivity (Wildman–Crippen MR) is 68.6 cm³/mol. The van der Waals surface area contributed by atoms with E-state index in [2.05, 4.69) is 15.5 Å². The highest BCUT2D eigenvalue weighted by Crippen LogP contribution is 2.27. The molecule has 1 N–H and O–H groups in total. The van der Waals surface area contributed by atoms with E-state index < -0.39 is 11.9 Å². The average molecular weight is 308 g/mol. The number of aromatic nitrogens is 2. The normalized spacial score (nSPS) is 11.6. The second kappa shape index (κ2) is 5.75. The van der Waals surface area contributed by atoms with Gasteiger partial charge in [0.05, 0.1) is 4.34 Å². The maximum Gasteiger partial charge on any atom is 0.435 e. The van der Waals surface area contributed by atoms with E-state index in [9.17, 15) is 13.2 Å². The van der Waals surface area contributed by atoms with Gasteiger partial charge >= 0.3 is 6.18 Å². The number of rotatable bonds is 4. The number of hydrogen-bond donors (Lipinski definition) is 1. The van der Waals surface area contributed by atoms with Crippen LogP contribution in [-0.4, -0.2) is 16.7 Å². The molecule has 2 aromatic rings. The van der Waals surface area contributed by atoms with Crippen molar-refractivity contribution in [1.82, 2.24) is 10.2 Å². The first-order valence-corrected chi connectivity index (χ1v) is 6.53. The van der Waals surface area contributed by atoms with Gasteiger partial charge in [-0.05, 0) is 30.7 Å². The Morgan fingerprint density at radius 1 is 1.16 bits per heavy atom. The molecule has 0 bridgehead atoms. The third kappa shape index (κ3) is 4.07. The van der Waals surface area contributed by atoms with Crippen molar-refractivity contribution in [2.75, 3.05) is 11.9 Å². The molecule has 0 atom stereocenters. The standard InChI is InChI=1S/C11H9ClF3N3S/c12-9-3-1-7(19-9)5-6-16-10-4-2-8(17-18-10)11(13,14)15/h1-4H,5-6H2,(H,16,18). The number of anilines is 1. The lowest BCUT2D eigenvalue weighted by Gasteiger charge is -2.06. The number of alkyl halides is 3. The summed E-state index contributed by atoms with van der Waals surface area (Å²) in [6.45, 7) is 0.552. The Morgan fingerprint density at radius 3 is 2.47 bits per heavy atom. The number of nitrogens with one attached hydrogen (secondary N) is 1. The molecule has 0 aromatic carbocycles. The first kappa shape index (κ1) is 14.1. The van der Waals surface area contributed by atoms with Gasteiger partial charge in [-0.3, -0.25) is 0 Å². The molecule has 0 aliphatic rings. The van der Waals surface area contributed by atoms with Crippen LogP contribution in [0.5, 0.6) is 0 Å². The zero-order valence-corrected chi connectivity index (χ0v) is 11.1. The molecule has 0 aliphatic heterocycles. The topological polar surface area (TPSA) is 37.8 Å². The van der Waals surface area contributed by atoms with E-state index in [0.717, 1.165) is 17.4 Å². The van der Waals surface area contributed by atoms with Crippen molar-refractivity contribution in [3.05, 3.63) is 39.2 Å². The zero-order chi connectivity index (χ0) is 13.9. The molecule has 0 saturated heterocycles. The molecule has 0 fully saturated rings. The lowest BCUT2D eigenvalue weighted by Crippen LogP contribution is -2.11. The molecule has 0 unspecified atom stereocenters. The fourth-order valence-corrected chi connectivity index (χ4v) is 2.46. The minimum Gasteiger partial charge on any atom is -0.368 e. The Labute approximate surface area is 116 Å². The second-order valence-corrected chi connectivity index (χ2v) is 5.48. The van der Waals surface area contributed by atoms with Gasteiger partial charge in [0, 0.05) is 11.4 Å². The van der Waals surface area contributed by atoms with E-state index in [4.69, 9.17) is 11.6 Å². The van der Waals surface area contributed by atoms with E-state index >= 15 is 0 Å². The van der Waals surface area contributed by atoms with Crippen LogP contribution in [0.3, 0.4) is 0 Å². The van der Waals surface area contributed by atoms with Crippen molar-refractivity contribution in [1.29, 1.82) is 0 Å². The van der Waals surface area contributed by atoms with Crippen LogP contribution in [0, 0.1) is 0 Å². The molecule has 19 heavy (non-hydrogen) atoms. The fraction of sp³-hybridized carbons (Fsp3) is 0.273. The summed E-state index contributed by atoms with van der Waals surface area (Å²) >= 11 is 7.26. The molecule has 2 rings (SSSR count). The van der Waals surface area contributed by atoms with Crippen LogP contribution in [0.25, 0.3) is 0 Å². The summed E-state index contributed by atoms with van der Waals surface area (Å²) in [6, 6.07) is 5.88. The van der Waals surface area contributed by atoms with Gasteiger partial charge in [0.2, 0.25) is 0 Å². The molecule has 0 saturated carbocycles. The van der Waals surface area contributed by atoms with Gasteiger partial charge in [-0.25, -0.2) is 0 Å². The number of nitrogens with zero attached hydrogens (tertiary/aromatic N) is 2. The Hall–Kier alpha value is -1.34. The van der Waals surface area contributed by atoms with Crippen molar-refractivity contribution in [2.24, 2.45) is 0 Å². The summed E-state index contributed by atoms with van der Waals surface area (Å²) in [5.74, 6) is 0.315. The summed E-state index contributed by atoms with van der Waals surface area (Å²) < 4.78 is 37.5. The molecule has 0 spiro atoms. The van der Waals surface area contributed by atoms with E-state index in [1.165, 1.54) is 17.4 Å². The Balaban J connectivity index is 1.86. The van der Waals surface area contributed by atoms with E-state index in [1.807, 2.05) is 6.07 Å². The number of halogens is 4.